The first-order chi connectivity index (χ1) is 8.47. The lowest BCUT2D eigenvalue weighted by molar-refractivity contribution is -0.385. The van der Waals surface area contributed by atoms with Gasteiger partial charge < -0.3 is 10.6 Å². The van der Waals surface area contributed by atoms with Gasteiger partial charge in [0.25, 0.3) is 5.69 Å². The third-order valence-electron chi connectivity index (χ3n) is 3.01. The SMILES string of the molecule is CC1CC(N)CN(c2ncc([N+](=O)[O-])cc2Br)C1. The maximum Gasteiger partial charge on any atom is 0.288 e. The third-order valence-corrected chi connectivity index (χ3v) is 3.59. The van der Waals surface area contributed by atoms with Crippen molar-refractivity contribution in [2.24, 2.45) is 11.7 Å². The monoisotopic (exact) mass is 314 g/mol. The molecule has 1 aromatic rings. The van der Waals surface area contributed by atoms with E-state index >= 15 is 0 Å². The molecule has 2 unspecified atom stereocenters. The van der Waals surface area contributed by atoms with Crippen molar-refractivity contribution in [3.05, 3.63) is 26.9 Å². The first-order valence-electron chi connectivity index (χ1n) is 5.78. The Hall–Kier alpha value is -1.21. The zero-order chi connectivity index (χ0) is 13.3. The molecule has 0 saturated carbocycles. The highest BCUT2D eigenvalue weighted by atomic mass is 79.9. The minimum Gasteiger partial charge on any atom is -0.354 e. The second-order valence-corrected chi connectivity index (χ2v) is 5.62. The van der Waals surface area contributed by atoms with Crippen LogP contribution in [0.4, 0.5) is 11.5 Å². The molecular formula is C11H15BrN4O2. The lowest BCUT2D eigenvalue weighted by Crippen LogP contribution is -2.46. The Morgan fingerprint density at radius 2 is 2.33 bits per heavy atom. The maximum atomic E-state index is 10.7. The predicted octanol–water partition coefficient (Wildman–Crippen LogP) is 1.93. The van der Waals surface area contributed by atoms with Crippen molar-refractivity contribution in [3.63, 3.8) is 0 Å². The molecule has 0 spiro atoms. The highest BCUT2D eigenvalue weighted by Crippen LogP contribution is 2.30. The van der Waals surface area contributed by atoms with Gasteiger partial charge >= 0.3 is 0 Å². The zero-order valence-electron chi connectivity index (χ0n) is 10.0. The zero-order valence-corrected chi connectivity index (χ0v) is 11.6. The summed E-state index contributed by atoms with van der Waals surface area (Å²) in [4.78, 5) is 16.5. The topological polar surface area (TPSA) is 85.3 Å². The molecule has 2 heterocycles. The van der Waals surface area contributed by atoms with Gasteiger partial charge in [-0.05, 0) is 28.3 Å². The Labute approximate surface area is 113 Å². The number of rotatable bonds is 2. The average molecular weight is 315 g/mol. The minimum atomic E-state index is -0.452. The molecule has 0 aliphatic carbocycles. The number of piperidine rings is 1. The van der Waals surface area contributed by atoms with Crippen molar-refractivity contribution in [2.45, 2.75) is 19.4 Å². The Kier molecular flexibility index (Phi) is 3.82. The summed E-state index contributed by atoms with van der Waals surface area (Å²) in [5, 5.41) is 10.7. The predicted molar refractivity (Wildman–Crippen MR) is 72.6 cm³/mol. The molecule has 0 radical (unpaired) electrons. The van der Waals surface area contributed by atoms with E-state index in [0.717, 1.165) is 25.3 Å². The lowest BCUT2D eigenvalue weighted by Gasteiger charge is -2.35. The number of hydrogen-bond acceptors (Lipinski definition) is 5. The van der Waals surface area contributed by atoms with Gasteiger partial charge in [-0.15, -0.1) is 0 Å². The molecular weight excluding hydrogens is 300 g/mol. The van der Waals surface area contributed by atoms with Crippen LogP contribution in [0.3, 0.4) is 0 Å². The van der Waals surface area contributed by atoms with Gasteiger partial charge in [0.05, 0.1) is 9.40 Å². The minimum absolute atomic E-state index is 0.0139. The fraction of sp³-hybridized carbons (Fsp3) is 0.545. The molecule has 6 nitrogen and oxygen atoms in total. The van der Waals surface area contributed by atoms with Crippen LogP contribution in [0.25, 0.3) is 0 Å². The second kappa shape index (κ2) is 5.19. The number of nitro groups is 1. The number of aromatic nitrogens is 1. The molecule has 2 rings (SSSR count). The van der Waals surface area contributed by atoms with Crippen LogP contribution in [0.5, 0.6) is 0 Å². The van der Waals surface area contributed by atoms with Gasteiger partial charge in [-0.25, -0.2) is 4.98 Å². The van der Waals surface area contributed by atoms with Crippen LogP contribution in [0.15, 0.2) is 16.7 Å². The van der Waals surface area contributed by atoms with E-state index in [4.69, 9.17) is 5.73 Å². The summed E-state index contributed by atoms with van der Waals surface area (Å²) in [5.74, 6) is 1.22. The molecule has 2 atom stereocenters. The maximum absolute atomic E-state index is 10.7. The van der Waals surface area contributed by atoms with Crippen molar-refractivity contribution in [3.8, 4) is 0 Å². The first kappa shape index (κ1) is 13.2. The molecule has 1 saturated heterocycles. The van der Waals surface area contributed by atoms with Gasteiger partial charge in [0.2, 0.25) is 0 Å². The third kappa shape index (κ3) is 2.78. The summed E-state index contributed by atoms with van der Waals surface area (Å²) in [7, 11) is 0. The summed E-state index contributed by atoms with van der Waals surface area (Å²) in [6.45, 7) is 3.75. The van der Waals surface area contributed by atoms with Crippen LogP contribution in [0.2, 0.25) is 0 Å². The number of pyridine rings is 1. The summed E-state index contributed by atoms with van der Waals surface area (Å²) in [6, 6.07) is 1.60. The van der Waals surface area contributed by atoms with Crippen molar-refractivity contribution < 1.29 is 4.92 Å². The number of halogens is 1. The van der Waals surface area contributed by atoms with Crippen LogP contribution in [-0.2, 0) is 0 Å². The van der Waals surface area contributed by atoms with E-state index in [2.05, 4.69) is 32.7 Å². The van der Waals surface area contributed by atoms with Crippen LogP contribution in [0, 0.1) is 16.0 Å². The number of nitrogens with two attached hydrogens (primary N) is 1. The van der Waals surface area contributed by atoms with E-state index in [9.17, 15) is 10.1 Å². The van der Waals surface area contributed by atoms with Crippen molar-refractivity contribution in [1.82, 2.24) is 4.98 Å². The molecule has 98 valence electrons. The fourth-order valence-electron chi connectivity index (χ4n) is 2.33. The first-order valence-corrected chi connectivity index (χ1v) is 6.57. The molecule has 0 aromatic carbocycles. The lowest BCUT2D eigenvalue weighted by atomic mass is 9.97. The van der Waals surface area contributed by atoms with Gasteiger partial charge in [-0.3, -0.25) is 10.1 Å². The van der Waals surface area contributed by atoms with Gasteiger partial charge in [0, 0.05) is 25.2 Å². The van der Waals surface area contributed by atoms with Crippen LogP contribution in [-0.4, -0.2) is 29.0 Å². The Balaban J connectivity index is 2.25. The van der Waals surface area contributed by atoms with Crippen LogP contribution in [0.1, 0.15) is 13.3 Å². The molecule has 7 heteroatoms. The molecule has 0 bridgehead atoms. The van der Waals surface area contributed by atoms with Gasteiger partial charge in [-0.1, -0.05) is 6.92 Å². The molecule has 18 heavy (non-hydrogen) atoms. The average Bonchev–Trinajstić information content (AvgIpc) is 2.27. The van der Waals surface area contributed by atoms with E-state index in [0.29, 0.717) is 10.4 Å². The van der Waals surface area contributed by atoms with Gasteiger partial charge in [0.1, 0.15) is 12.0 Å². The molecule has 1 aliphatic rings. The quantitative estimate of drug-likeness (QED) is 0.666. The van der Waals surface area contributed by atoms with Crippen molar-refractivity contribution in [2.75, 3.05) is 18.0 Å². The number of nitrogens with zero attached hydrogens (tertiary/aromatic N) is 3. The highest BCUT2D eigenvalue weighted by Gasteiger charge is 2.25. The van der Waals surface area contributed by atoms with Crippen LogP contribution >= 0.6 is 15.9 Å². The van der Waals surface area contributed by atoms with E-state index in [1.807, 2.05) is 0 Å². The second-order valence-electron chi connectivity index (χ2n) is 4.76. The summed E-state index contributed by atoms with van der Waals surface area (Å²) >= 11 is 3.34. The van der Waals surface area contributed by atoms with E-state index in [1.165, 1.54) is 12.3 Å². The van der Waals surface area contributed by atoms with Crippen LogP contribution < -0.4 is 10.6 Å². The normalized spacial score (nSPS) is 24.1. The number of hydrogen-bond donors (Lipinski definition) is 1. The van der Waals surface area contributed by atoms with Crippen molar-refractivity contribution in [1.29, 1.82) is 0 Å². The molecule has 2 N–H and O–H groups in total. The van der Waals surface area contributed by atoms with E-state index in [1.54, 1.807) is 0 Å². The van der Waals surface area contributed by atoms with E-state index < -0.39 is 4.92 Å². The van der Waals surface area contributed by atoms with Crippen molar-refractivity contribution >= 4 is 27.4 Å². The summed E-state index contributed by atoms with van der Waals surface area (Å²) in [5.41, 5.74) is 5.97. The smallest absolute Gasteiger partial charge is 0.288 e. The van der Waals surface area contributed by atoms with Gasteiger partial charge in [-0.2, -0.15) is 0 Å². The molecule has 0 amide bonds. The standard InChI is InChI=1S/C11H15BrN4O2/c1-7-2-8(13)6-15(5-7)11-10(12)3-9(4-14-11)16(17)18/h3-4,7-8H,2,5-6,13H2,1H3. The van der Waals surface area contributed by atoms with Gasteiger partial charge in [0.15, 0.2) is 0 Å². The summed E-state index contributed by atoms with van der Waals surface area (Å²) in [6.07, 6.45) is 2.28. The Bertz CT molecular complexity index is 458. The molecule has 1 aromatic heterocycles. The molecule has 1 aliphatic heterocycles. The Morgan fingerprint density at radius 3 is 2.89 bits per heavy atom. The largest absolute Gasteiger partial charge is 0.354 e. The summed E-state index contributed by atoms with van der Waals surface area (Å²) < 4.78 is 0.637. The Morgan fingerprint density at radius 1 is 1.61 bits per heavy atom. The van der Waals surface area contributed by atoms with E-state index in [-0.39, 0.29) is 11.7 Å². The fourth-order valence-corrected chi connectivity index (χ4v) is 2.91. The number of anilines is 1. The highest BCUT2D eigenvalue weighted by molar-refractivity contribution is 9.10. The molecule has 1 fully saturated rings.